The molecule has 0 atom stereocenters. The molecule has 1 aliphatic rings. The summed E-state index contributed by atoms with van der Waals surface area (Å²) in [5, 5.41) is 0. The SMILES string of the molecule is NC1(c2cc(C(F)(F)F)cc(C(F)(F)F)c2)CC1. The van der Waals surface area contributed by atoms with E-state index in [4.69, 9.17) is 5.73 Å². The van der Waals surface area contributed by atoms with Gasteiger partial charge in [-0.15, -0.1) is 0 Å². The van der Waals surface area contributed by atoms with Gasteiger partial charge >= 0.3 is 12.4 Å². The molecule has 0 aliphatic heterocycles. The summed E-state index contributed by atoms with van der Waals surface area (Å²) in [6.07, 6.45) is -8.85. The van der Waals surface area contributed by atoms with Crippen LogP contribution >= 0.6 is 0 Å². The normalized spacial score (nSPS) is 18.8. The number of alkyl halides is 6. The molecule has 1 saturated carbocycles. The molecule has 1 aromatic rings. The minimum absolute atomic E-state index is 0.106. The van der Waals surface area contributed by atoms with Crippen molar-refractivity contribution in [3.8, 4) is 0 Å². The summed E-state index contributed by atoms with van der Waals surface area (Å²) in [7, 11) is 0. The molecule has 2 N–H and O–H groups in total. The number of benzene rings is 1. The number of halogens is 6. The summed E-state index contributed by atoms with van der Waals surface area (Å²) < 4.78 is 75.2. The first kappa shape index (κ1) is 13.2. The highest BCUT2D eigenvalue weighted by atomic mass is 19.4. The van der Waals surface area contributed by atoms with Crippen LogP contribution in [-0.2, 0) is 17.9 Å². The van der Waals surface area contributed by atoms with Crippen molar-refractivity contribution in [2.75, 3.05) is 0 Å². The lowest BCUT2D eigenvalue weighted by Gasteiger charge is -2.17. The van der Waals surface area contributed by atoms with E-state index in [1.54, 1.807) is 0 Å². The number of nitrogens with two attached hydrogens (primary N) is 1. The average molecular weight is 269 g/mol. The second-order valence-electron chi connectivity index (χ2n) is 4.45. The molecule has 0 aromatic heterocycles. The van der Waals surface area contributed by atoms with Crippen LogP contribution in [0.5, 0.6) is 0 Å². The van der Waals surface area contributed by atoms with Crippen molar-refractivity contribution in [3.63, 3.8) is 0 Å². The molecule has 1 aromatic carbocycles. The summed E-state index contributed by atoms with van der Waals surface area (Å²) in [5.74, 6) is 0. The monoisotopic (exact) mass is 269 g/mol. The maximum atomic E-state index is 12.5. The molecule has 0 heterocycles. The van der Waals surface area contributed by atoms with Gasteiger partial charge in [0.15, 0.2) is 0 Å². The van der Waals surface area contributed by atoms with Crippen LogP contribution in [-0.4, -0.2) is 0 Å². The lowest BCUT2D eigenvalue weighted by molar-refractivity contribution is -0.143. The summed E-state index contributed by atoms with van der Waals surface area (Å²) in [4.78, 5) is 0. The molecule has 0 saturated heterocycles. The Morgan fingerprint density at radius 1 is 0.833 bits per heavy atom. The molecule has 0 unspecified atom stereocenters. The zero-order valence-corrected chi connectivity index (χ0v) is 8.99. The van der Waals surface area contributed by atoms with E-state index < -0.39 is 29.0 Å². The van der Waals surface area contributed by atoms with Crippen molar-refractivity contribution in [3.05, 3.63) is 34.9 Å². The van der Waals surface area contributed by atoms with Crippen LogP contribution in [0.1, 0.15) is 29.5 Å². The van der Waals surface area contributed by atoms with Crippen LogP contribution < -0.4 is 5.73 Å². The van der Waals surface area contributed by atoms with E-state index in [1.165, 1.54) is 0 Å². The van der Waals surface area contributed by atoms with Crippen molar-refractivity contribution in [2.45, 2.75) is 30.7 Å². The van der Waals surface area contributed by atoms with Crippen LogP contribution in [0, 0.1) is 0 Å². The first-order chi connectivity index (χ1) is 8.02. The Morgan fingerprint density at radius 3 is 1.50 bits per heavy atom. The van der Waals surface area contributed by atoms with Crippen molar-refractivity contribution >= 4 is 0 Å². The topological polar surface area (TPSA) is 26.0 Å². The van der Waals surface area contributed by atoms with Crippen LogP contribution in [0.15, 0.2) is 18.2 Å². The predicted molar refractivity (Wildman–Crippen MR) is 51.5 cm³/mol. The van der Waals surface area contributed by atoms with Crippen LogP contribution in [0.2, 0.25) is 0 Å². The van der Waals surface area contributed by atoms with Gasteiger partial charge in [-0.1, -0.05) is 0 Å². The second kappa shape index (κ2) is 3.63. The summed E-state index contributed by atoms with van der Waals surface area (Å²) in [5.41, 5.74) is 1.88. The van der Waals surface area contributed by atoms with Crippen LogP contribution in [0.4, 0.5) is 26.3 Å². The van der Waals surface area contributed by atoms with Gasteiger partial charge in [-0.25, -0.2) is 0 Å². The highest BCUT2D eigenvalue weighted by Gasteiger charge is 2.44. The molecule has 7 heteroatoms. The third kappa shape index (κ3) is 2.45. The maximum absolute atomic E-state index is 12.5. The van der Waals surface area contributed by atoms with Gasteiger partial charge in [-0.05, 0) is 36.6 Å². The highest BCUT2D eigenvalue weighted by Crippen LogP contribution is 2.46. The van der Waals surface area contributed by atoms with E-state index in [1.807, 2.05) is 0 Å². The lowest BCUT2D eigenvalue weighted by Crippen LogP contribution is -2.21. The molecule has 0 bridgehead atoms. The van der Waals surface area contributed by atoms with E-state index in [-0.39, 0.29) is 11.6 Å². The molecule has 100 valence electrons. The molecular weight excluding hydrogens is 260 g/mol. The van der Waals surface area contributed by atoms with Crippen LogP contribution in [0.3, 0.4) is 0 Å². The van der Waals surface area contributed by atoms with Gasteiger partial charge in [0.05, 0.1) is 11.1 Å². The van der Waals surface area contributed by atoms with Crippen molar-refractivity contribution in [2.24, 2.45) is 5.73 Å². The third-order valence-corrected chi connectivity index (χ3v) is 2.95. The first-order valence-corrected chi connectivity index (χ1v) is 5.11. The largest absolute Gasteiger partial charge is 0.416 e. The van der Waals surface area contributed by atoms with Gasteiger partial charge in [0.2, 0.25) is 0 Å². The molecule has 0 radical (unpaired) electrons. The van der Waals surface area contributed by atoms with Gasteiger partial charge < -0.3 is 5.73 Å². The Hall–Kier alpha value is -1.24. The fourth-order valence-corrected chi connectivity index (χ4v) is 1.67. The summed E-state index contributed by atoms with van der Waals surface area (Å²) in [6.45, 7) is 0. The Labute approximate surface area is 98.6 Å². The smallest absolute Gasteiger partial charge is 0.321 e. The Balaban J connectivity index is 2.56. The molecule has 0 spiro atoms. The van der Waals surface area contributed by atoms with E-state index in [9.17, 15) is 26.3 Å². The van der Waals surface area contributed by atoms with Gasteiger partial charge in [-0.2, -0.15) is 26.3 Å². The van der Waals surface area contributed by atoms with Crippen molar-refractivity contribution in [1.82, 2.24) is 0 Å². The first-order valence-electron chi connectivity index (χ1n) is 5.11. The number of rotatable bonds is 1. The molecule has 1 fully saturated rings. The van der Waals surface area contributed by atoms with Crippen molar-refractivity contribution < 1.29 is 26.3 Å². The molecular formula is C11H9F6N. The standard InChI is InChI=1S/C11H9F6N/c12-10(13,14)7-3-6(9(18)1-2-9)4-8(5-7)11(15,16)17/h3-5H,1-2,18H2. The quantitative estimate of drug-likeness (QED) is 0.773. The van der Waals surface area contributed by atoms with E-state index >= 15 is 0 Å². The predicted octanol–water partition coefficient (Wildman–Crippen LogP) is 3.67. The zero-order valence-electron chi connectivity index (χ0n) is 8.99. The lowest BCUT2D eigenvalue weighted by atomic mass is 9.98. The summed E-state index contributed by atoms with van der Waals surface area (Å²) >= 11 is 0. The molecule has 18 heavy (non-hydrogen) atoms. The zero-order chi connectivity index (χ0) is 13.8. The van der Waals surface area contributed by atoms with E-state index in [0.29, 0.717) is 25.0 Å². The van der Waals surface area contributed by atoms with Gasteiger partial charge in [0.25, 0.3) is 0 Å². The number of hydrogen-bond acceptors (Lipinski definition) is 1. The van der Waals surface area contributed by atoms with Gasteiger partial charge in [0.1, 0.15) is 0 Å². The third-order valence-electron chi connectivity index (χ3n) is 2.95. The Morgan fingerprint density at radius 2 is 1.22 bits per heavy atom. The Kier molecular flexibility index (Phi) is 2.66. The maximum Gasteiger partial charge on any atom is 0.416 e. The minimum atomic E-state index is -4.82. The summed E-state index contributed by atoms with van der Waals surface area (Å²) in [6, 6.07) is 1.50. The average Bonchev–Trinajstić information content (AvgIpc) is 2.95. The van der Waals surface area contributed by atoms with Gasteiger partial charge in [0, 0.05) is 5.54 Å². The van der Waals surface area contributed by atoms with Gasteiger partial charge in [-0.3, -0.25) is 0 Å². The fourth-order valence-electron chi connectivity index (χ4n) is 1.67. The Bertz CT molecular complexity index is 403. The molecule has 1 nitrogen and oxygen atoms in total. The van der Waals surface area contributed by atoms with Crippen molar-refractivity contribution in [1.29, 1.82) is 0 Å². The van der Waals surface area contributed by atoms with Crippen LogP contribution in [0.25, 0.3) is 0 Å². The molecule has 2 rings (SSSR count). The second-order valence-corrected chi connectivity index (χ2v) is 4.45. The minimum Gasteiger partial charge on any atom is -0.321 e. The number of hydrogen-bond donors (Lipinski definition) is 1. The fraction of sp³-hybridized carbons (Fsp3) is 0.455. The van der Waals surface area contributed by atoms with E-state index in [0.717, 1.165) is 0 Å². The van der Waals surface area contributed by atoms with E-state index in [2.05, 4.69) is 0 Å². The molecule has 0 amide bonds. The molecule has 1 aliphatic carbocycles. The highest BCUT2D eigenvalue weighted by molar-refractivity contribution is 5.39.